The minimum absolute atomic E-state index is 0.0595. The number of aromatic nitrogens is 2. The van der Waals surface area contributed by atoms with Crippen LogP contribution in [0.1, 0.15) is 17.8 Å². The van der Waals surface area contributed by atoms with Crippen molar-refractivity contribution in [3.8, 4) is 0 Å². The molecular weight excluding hydrogens is 387 g/mol. The third-order valence-electron chi connectivity index (χ3n) is 3.91. The second-order valence-electron chi connectivity index (χ2n) is 5.74. The van der Waals surface area contributed by atoms with Crippen molar-refractivity contribution in [1.29, 1.82) is 0 Å². The summed E-state index contributed by atoms with van der Waals surface area (Å²) < 4.78 is 70.9. The van der Waals surface area contributed by atoms with E-state index in [1.165, 1.54) is 0 Å². The number of aryl methyl sites for hydroxylation is 1. The predicted octanol–water partition coefficient (Wildman–Crippen LogP) is 3.29. The number of halogens is 5. The fourth-order valence-corrected chi connectivity index (χ4v) is 2.48. The van der Waals surface area contributed by atoms with E-state index in [2.05, 4.69) is 14.7 Å². The number of H-pyrrole nitrogens is 1. The Bertz CT molecular complexity index is 1100. The molecular formula is C18H11F5N2O3. The smallest absolute Gasteiger partial charge is 0.306 e. The predicted molar refractivity (Wildman–Crippen MR) is 86.7 cm³/mol. The highest BCUT2D eigenvalue weighted by atomic mass is 19.2. The molecule has 0 bridgehead atoms. The maximum Gasteiger partial charge on any atom is 0.306 e. The monoisotopic (exact) mass is 398 g/mol. The van der Waals surface area contributed by atoms with Crippen LogP contribution in [0.4, 0.5) is 22.0 Å². The molecule has 1 N–H and O–H groups in total. The van der Waals surface area contributed by atoms with E-state index >= 15 is 0 Å². The van der Waals surface area contributed by atoms with Gasteiger partial charge in [0.25, 0.3) is 5.56 Å². The number of rotatable bonds is 5. The number of fused-ring (bicyclic) bond motifs is 1. The molecule has 1 heterocycles. The van der Waals surface area contributed by atoms with Gasteiger partial charge in [-0.1, -0.05) is 12.1 Å². The Morgan fingerprint density at radius 1 is 0.964 bits per heavy atom. The molecule has 2 aromatic carbocycles. The highest BCUT2D eigenvalue weighted by Crippen LogP contribution is 2.23. The van der Waals surface area contributed by atoms with E-state index < -0.39 is 52.8 Å². The molecule has 0 atom stereocenters. The number of benzene rings is 2. The summed E-state index contributed by atoms with van der Waals surface area (Å²) in [5.41, 5.74) is -1.24. The van der Waals surface area contributed by atoms with Crippen LogP contribution < -0.4 is 5.56 Å². The molecule has 0 radical (unpaired) electrons. The number of nitrogens with zero attached hydrogens (tertiary/aromatic N) is 1. The summed E-state index contributed by atoms with van der Waals surface area (Å²) in [4.78, 5) is 30.3. The summed E-state index contributed by atoms with van der Waals surface area (Å²) >= 11 is 0. The van der Waals surface area contributed by atoms with Gasteiger partial charge in [-0.15, -0.1) is 0 Å². The van der Waals surface area contributed by atoms with Crippen molar-refractivity contribution in [1.82, 2.24) is 9.97 Å². The van der Waals surface area contributed by atoms with Crippen LogP contribution in [-0.4, -0.2) is 15.9 Å². The van der Waals surface area contributed by atoms with Crippen molar-refractivity contribution >= 4 is 16.9 Å². The lowest BCUT2D eigenvalue weighted by atomic mass is 10.2. The van der Waals surface area contributed by atoms with Crippen LogP contribution in [0.3, 0.4) is 0 Å². The Morgan fingerprint density at radius 2 is 1.57 bits per heavy atom. The first-order valence-corrected chi connectivity index (χ1v) is 7.93. The minimum atomic E-state index is -2.29. The van der Waals surface area contributed by atoms with Crippen LogP contribution in [0, 0.1) is 29.1 Å². The number of ether oxygens (including phenoxy) is 1. The molecule has 3 rings (SSSR count). The van der Waals surface area contributed by atoms with Crippen molar-refractivity contribution in [3.63, 3.8) is 0 Å². The lowest BCUT2D eigenvalue weighted by Crippen LogP contribution is -2.15. The molecule has 0 spiro atoms. The van der Waals surface area contributed by atoms with Crippen LogP contribution in [0.25, 0.3) is 10.9 Å². The Labute approximate surface area is 153 Å². The second kappa shape index (κ2) is 7.75. The van der Waals surface area contributed by atoms with Crippen molar-refractivity contribution in [2.24, 2.45) is 0 Å². The number of hydrogen-bond donors (Lipinski definition) is 1. The molecule has 10 heteroatoms. The first-order chi connectivity index (χ1) is 13.3. The normalized spacial score (nSPS) is 11.0. The van der Waals surface area contributed by atoms with E-state index in [1.807, 2.05) is 0 Å². The summed E-state index contributed by atoms with van der Waals surface area (Å²) in [6, 6.07) is 6.52. The summed E-state index contributed by atoms with van der Waals surface area (Å²) in [6.45, 7) is -1.13. The van der Waals surface area contributed by atoms with Crippen LogP contribution in [-0.2, 0) is 22.6 Å². The van der Waals surface area contributed by atoms with Crippen LogP contribution >= 0.6 is 0 Å². The maximum atomic E-state index is 13.5. The molecule has 0 aliphatic heterocycles. The largest absolute Gasteiger partial charge is 0.461 e. The van der Waals surface area contributed by atoms with E-state index in [0.29, 0.717) is 10.9 Å². The summed E-state index contributed by atoms with van der Waals surface area (Å²) in [5, 5.41) is 0.361. The van der Waals surface area contributed by atoms with E-state index in [-0.39, 0.29) is 18.7 Å². The minimum Gasteiger partial charge on any atom is -0.461 e. The van der Waals surface area contributed by atoms with E-state index in [0.717, 1.165) is 0 Å². The zero-order chi connectivity index (χ0) is 20.4. The van der Waals surface area contributed by atoms with Gasteiger partial charge in [-0.3, -0.25) is 9.59 Å². The van der Waals surface area contributed by atoms with Crippen LogP contribution in [0.2, 0.25) is 0 Å². The van der Waals surface area contributed by atoms with E-state index in [4.69, 9.17) is 0 Å². The Kier molecular flexibility index (Phi) is 5.39. The number of hydrogen-bond acceptors (Lipinski definition) is 4. The number of esters is 1. The fourth-order valence-electron chi connectivity index (χ4n) is 2.48. The first-order valence-electron chi connectivity index (χ1n) is 7.93. The van der Waals surface area contributed by atoms with E-state index in [9.17, 15) is 31.5 Å². The lowest BCUT2D eigenvalue weighted by Gasteiger charge is -2.09. The SMILES string of the molecule is O=C(CCc1nc2ccccc2c(=O)[nH]1)OCc1c(F)c(F)c(F)c(F)c1F. The zero-order valence-electron chi connectivity index (χ0n) is 14.0. The fraction of sp³-hybridized carbons (Fsp3) is 0.167. The van der Waals surface area contributed by atoms with E-state index in [1.54, 1.807) is 24.3 Å². The van der Waals surface area contributed by atoms with Gasteiger partial charge in [0.2, 0.25) is 5.82 Å². The molecule has 28 heavy (non-hydrogen) atoms. The van der Waals surface area contributed by atoms with Crippen LogP contribution in [0.15, 0.2) is 29.1 Å². The molecule has 0 aliphatic carbocycles. The van der Waals surface area contributed by atoms with Gasteiger partial charge < -0.3 is 9.72 Å². The molecule has 0 unspecified atom stereocenters. The van der Waals surface area contributed by atoms with Crippen molar-refractivity contribution < 1.29 is 31.5 Å². The molecule has 5 nitrogen and oxygen atoms in total. The first kappa shape index (κ1) is 19.5. The molecule has 0 saturated heterocycles. The maximum absolute atomic E-state index is 13.5. The van der Waals surface area contributed by atoms with Crippen molar-refractivity contribution in [2.75, 3.05) is 0 Å². The Balaban J connectivity index is 1.67. The van der Waals surface area contributed by atoms with Gasteiger partial charge in [-0.05, 0) is 12.1 Å². The number of nitrogens with one attached hydrogen (secondary N) is 1. The van der Waals surface area contributed by atoms with Gasteiger partial charge >= 0.3 is 5.97 Å². The average Bonchev–Trinajstić information content (AvgIpc) is 2.69. The second-order valence-corrected chi connectivity index (χ2v) is 5.74. The topological polar surface area (TPSA) is 72.0 Å². The number of carbonyl (C=O) groups is 1. The summed E-state index contributed by atoms with van der Waals surface area (Å²) in [6.07, 6.45) is -0.396. The van der Waals surface area contributed by atoms with Gasteiger partial charge in [0, 0.05) is 6.42 Å². The molecule has 146 valence electrons. The van der Waals surface area contributed by atoms with Crippen molar-refractivity contribution in [2.45, 2.75) is 19.4 Å². The molecule has 0 saturated carbocycles. The van der Waals surface area contributed by atoms with Crippen LogP contribution in [0.5, 0.6) is 0 Å². The molecule has 1 aromatic heterocycles. The summed E-state index contributed by atoms with van der Waals surface area (Å²) in [5.74, 6) is -11.5. The van der Waals surface area contributed by atoms with Gasteiger partial charge in [0.15, 0.2) is 23.3 Å². The number of aromatic amines is 1. The number of para-hydroxylation sites is 1. The lowest BCUT2D eigenvalue weighted by molar-refractivity contribution is -0.145. The van der Waals surface area contributed by atoms with Crippen molar-refractivity contribution in [3.05, 3.63) is 75.1 Å². The highest BCUT2D eigenvalue weighted by Gasteiger charge is 2.26. The molecule has 0 aliphatic rings. The Morgan fingerprint density at radius 3 is 2.25 bits per heavy atom. The van der Waals surface area contributed by atoms with Gasteiger partial charge in [-0.25, -0.2) is 26.9 Å². The molecule has 0 amide bonds. The van der Waals surface area contributed by atoms with Gasteiger partial charge in [0.1, 0.15) is 12.4 Å². The molecule has 0 fully saturated rings. The standard InChI is InChI=1S/C18H11F5N2O3/c19-13-9(14(20)16(22)17(23)15(13)21)7-28-12(26)6-5-11-24-10-4-2-1-3-8(10)18(27)25-11/h1-4H,5-7H2,(H,24,25,27). The number of carbonyl (C=O) groups excluding carboxylic acids is 1. The summed E-state index contributed by atoms with van der Waals surface area (Å²) in [7, 11) is 0. The zero-order valence-corrected chi connectivity index (χ0v) is 14.0. The quantitative estimate of drug-likeness (QED) is 0.310. The molecule has 3 aromatic rings. The highest BCUT2D eigenvalue weighted by molar-refractivity contribution is 5.77. The Hall–Kier alpha value is -3.30. The average molecular weight is 398 g/mol. The third-order valence-corrected chi connectivity index (χ3v) is 3.91. The van der Waals surface area contributed by atoms with Gasteiger partial charge in [0.05, 0.1) is 22.9 Å². The van der Waals surface area contributed by atoms with Gasteiger partial charge in [-0.2, -0.15) is 0 Å². The third kappa shape index (κ3) is 3.71.